The molecule has 0 aromatic heterocycles. The first-order valence-corrected chi connectivity index (χ1v) is 11.1. The summed E-state index contributed by atoms with van der Waals surface area (Å²) in [4.78, 5) is 0. The largest absolute Gasteiger partial charge is 0.381 e. The van der Waals surface area contributed by atoms with E-state index in [1.54, 1.807) is 0 Å². The van der Waals surface area contributed by atoms with Gasteiger partial charge in [-0.2, -0.15) is 0 Å². The highest BCUT2D eigenvalue weighted by atomic mass is 14.9. The average Bonchev–Trinajstić information content (AvgIpc) is 2.66. The van der Waals surface area contributed by atoms with E-state index in [-0.39, 0.29) is 0 Å². The van der Waals surface area contributed by atoms with Gasteiger partial charge in [-0.25, -0.2) is 0 Å². The van der Waals surface area contributed by atoms with Crippen LogP contribution in [-0.2, 0) is 0 Å². The Balaban J connectivity index is 2.16. The predicted molar refractivity (Wildman–Crippen MR) is 130 cm³/mol. The van der Waals surface area contributed by atoms with Crippen LogP contribution in [0, 0.1) is 0 Å². The molecule has 0 aliphatic heterocycles. The molecule has 0 fully saturated rings. The van der Waals surface area contributed by atoms with E-state index in [1.165, 1.54) is 33.6 Å². The van der Waals surface area contributed by atoms with Crippen molar-refractivity contribution < 1.29 is 0 Å². The molecular weight excluding hydrogens is 352 g/mol. The van der Waals surface area contributed by atoms with Gasteiger partial charge in [-0.15, -0.1) is 0 Å². The van der Waals surface area contributed by atoms with Gasteiger partial charge in [0.05, 0.1) is 0 Å². The summed E-state index contributed by atoms with van der Waals surface area (Å²) in [5.74, 6) is 2.00. The normalized spacial score (nSPS) is 12.0. The summed E-state index contributed by atoms with van der Waals surface area (Å²) in [5, 5.41) is 7.26. The number of hydrogen-bond acceptors (Lipinski definition) is 2. The SMILES string of the molecule is CC(C)c1cccc(C(C)C)c1N/C=C/CNc1c(C(C)C)cccc1C(C)C. The van der Waals surface area contributed by atoms with Crippen molar-refractivity contribution in [3.8, 4) is 0 Å². The molecule has 0 saturated carbocycles. The van der Waals surface area contributed by atoms with Crippen LogP contribution in [0.3, 0.4) is 0 Å². The van der Waals surface area contributed by atoms with E-state index in [0.717, 1.165) is 6.54 Å². The standard InChI is InChI=1S/C27H40N2/c1-18(2)22-12-9-13-23(19(3)4)26(22)28-16-11-17-29-27-24(20(5)6)14-10-15-25(27)21(7)8/h9-16,18-21,28-29H,17H2,1-8H3/b16-11+. The van der Waals surface area contributed by atoms with Crippen LogP contribution in [0.25, 0.3) is 0 Å². The minimum atomic E-state index is 0.495. The number of anilines is 2. The molecule has 2 nitrogen and oxygen atoms in total. The zero-order valence-corrected chi connectivity index (χ0v) is 19.6. The molecule has 0 aliphatic carbocycles. The minimum absolute atomic E-state index is 0.495. The maximum absolute atomic E-state index is 3.68. The summed E-state index contributed by atoms with van der Waals surface area (Å²) >= 11 is 0. The maximum atomic E-state index is 3.68. The first kappa shape index (κ1) is 23.1. The third-order valence-corrected chi connectivity index (χ3v) is 5.49. The summed E-state index contributed by atoms with van der Waals surface area (Å²) in [7, 11) is 0. The zero-order chi connectivity index (χ0) is 21.6. The van der Waals surface area contributed by atoms with Crippen LogP contribution in [-0.4, -0.2) is 6.54 Å². The molecule has 29 heavy (non-hydrogen) atoms. The van der Waals surface area contributed by atoms with Crippen LogP contribution in [0.4, 0.5) is 11.4 Å². The highest BCUT2D eigenvalue weighted by Gasteiger charge is 2.14. The van der Waals surface area contributed by atoms with Gasteiger partial charge in [0, 0.05) is 17.9 Å². The third kappa shape index (κ3) is 5.88. The Labute approximate surface area is 178 Å². The molecule has 0 bridgehead atoms. The molecule has 0 amide bonds. The third-order valence-electron chi connectivity index (χ3n) is 5.49. The number of benzene rings is 2. The Hall–Kier alpha value is -2.22. The minimum Gasteiger partial charge on any atom is -0.381 e. The van der Waals surface area contributed by atoms with Crippen LogP contribution >= 0.6 is 0 Å². The van der Waals surface area contributed by atoms with Crippen molar-refractivity contribution in [1.29, 1.82) is 0 Å². The van der Waals surface area contributed by atoms with Gasteiger partial charge in [-0.1, -0.05) is 91.8 Å². The Bertz CT molecular complexity index is 761. The number of rotatable bonds is 9. The maximum Gasteiger partial charge on any atom is 0.0450 e. The van der Waals surface area contributed by atoms with Gasteiger partial charge in [0.2, 0.25) is 0 Å². The molecule has 0 heterocycles. The monoisotopic (exact) mass is 392 g/mol. The van der Waals surface area contributed by atoms with E-state index in [0.29, 0.717) is 23.7 Å². The van der Waals surface area contributed by atoms with Gasteiger partial charge in [0.1, 0.15) is 0 Å². The molecular formula is C27H40N2. The van der Waals surface area contributed by atoms with E-state index < -0.39 is 0 Å². The lowest BCUT2D eigenvalue weighted by Crippen LogP contribution is -2.08. The van der Waals surface area contributed by atoms with Crippen molar-refractivity contribution in [1.82, 2.24) is 0 Å². The first-order valence-electron chi connectivity index (χ1n) is 11.1. The van der Waals surface area contributed by atoms with E-state index in [2.05, 4.69) is 115 Å². The molecule has 2 aromatic rings. The van der Waals surface area contributed by atoms with Crippen LogP contribution in [0.5, 0.6) is 0 Å². The lowest BCUT2D eigenvalue weighted by molar-refractivity contribution is 0.835. The van der Waals surface area contributed by atoms with Crippen LogP contribution < -0.4 is 10.6 Å². The van der Waals surface area contributed by atoms with E-state index >= 15 is 0 Å². The lowest BCUT2D eigenvalue weighted by atomic mass is 9.92. The van der Waals surface area contributed by atoms with Crippen LogP contribution in [0.15, 0.2) is 48.7 Å². The molecule has 0 radical (unpaired) electrons. The fourth-order valence-corrected chi connectivity index (χ4v) is 3.84. The summed E-state index contributed by atoms with van der Waals surface area (Å²) in [6.45, 7) is 18.9. The Morgan fingerprint density at radius 3 is 1.38 bits per heavy atom. The molecule has 0 spiro atoms. The van der Waals surface area contributed by atoms with Crippen molar-refractivity contribution >= 4 is 11.4 Å². The first-order chi connectivity index (χ1) is 13.7. The summed E-state index contributed by atoms with van der Waals surface area (Å²) in [5.41, 5.74) is 8.10. The van der Waals surface area contributed by atoms with Crippen molar-refractivity contribution in [2.24, 2.45) is 0 Å². The van der Waals surface area contributed by atoms with Gasteiger partial charge < -0.3 is 10.6 Å². The van der Waals surface area contributed by atoms with Crippen molar-refractivity contribution in [3.63, 3.8) is 0 Å². The molecule has 2 rings (SSSR count). The predicted octanol–water partition coefficient (Wildman–Crippen LogP) is 8.22. The van der Waals surface area contributed by atoms with E-state index in [4.69, 9.17) is 0 Å². The van der Waals surface area contributed by atoms with E-state index in [1.807, 2.05) is 0 Å². The highest BCUT2D eigenvalue weighted by Crippen LogP contribution is 2.33. The Morgan fingerprint density at radius 1 is 0.621 bits per heavy atom. The summed E-state index contributed by atoms with van der Waals surface area (Å²) < 4.78 is 0. The van der Waals surface area contributed by atoms with Gasteiger partial charge >= 0.3 is 0 Å². The molecule has 2 aromatic carbocycles. The van der Waals surface area contributed by atoms with Crippen LogP contribution in [0.2, 0.25) is 0 Å². The van der Waals surface area contributed by atoms with Gasteiger partial charge in [-0.3, -0.25) is 0 Å². The summed E-state index contributed by atoms with van der Waals surface area (Å²) in [6.07, 6.45) is 4.27. The Kier molecular flexibility index (Phi) is 8.37. The van der Waals surface area contributed by atoms with Crippen molar-refractivity contribution in [3.05, 3.63) is 70.9 Å². The molecule has 0 unspecified atom stereocenters. The molecule has 0 aliphatic rings. The van der Waals surface area contributed by atoms with Crippen molar-refractivity contribution in [2.75, 3.05) is 17.2 Å². The molecule has 158 valence electrons. The van der Waals surface area contributed by atoms with E-state index in [9.17, 15) is 0 Å². The second-order valence-electron chi connectivity index (χ2n) is 9.17. The second-order valence-corrected chi connectivity index (χ2v) is 9.17. The van der Waals surface area contributed by atoms with Gasteiger partial charge in [0.25, 0.3) is 0 Å². The fourth-order valence-electron chi connectivity index (χ4n) is 3.84. The Morgan fingerprint density at radius 2 is 1.00 bits per heavy atom. The van der Waals surface area contributed by atoms with Gasteiger partial charge in [0.15, 0.2) is 0 Å². The lowest BCUT2D eigenvalue weighted by Gasteiger charge is -2.20. The van der Waals surface area contributed by atoms with Crippen LogP contribution in [0.1, 0.15) is 101 Å². The number of para-hydroxylation sites is 2. The number of nitrogens with one attached hydrogen (secondary N) is 2. The molecule has 2 heteroatoms. The average molecular weight is 393 g/mol. The molecule has 0 atom stereocenters. The smallest absolute Gasteiger partial charge is 0.0450 e. The number of hydrogen-bond donors (Lipinski definition) is 2. The highest BCUT2D eigenvalue weighted by molar-refractivity contribution is 5.62. The van der Waals surface area contributed by atoms with Gasteiger partial charge in [-0.05, 0) is 58.2 Å². The topological polar surface area (TPSA) is 24.1 Å². The second kappa shape index (κ2) is 10.5. The summed E-state index contributed by atoms with van der Waals surface area (Å²) in [6, 6.07) is 13.3. The fraction of sp³-hybridized carbons (Fsp3) is 0.481. The zero-order valence-electron chi connectivity index (χ0n) is 19.6. The quantitative estimate of drug-likeness (QED) is 0.449. The van der Waals surface area contributed by atoms with Crippen molar-refractivity contribution in [2.45, 2.75) is 79.1 Å². The molecule has 2 N–H and O–H groups in total. The molecule has 0 saturated heterocycles.